The van der Waals surface area contributed by atoms with Gasteiger partial charge in [-0.1, -0.05) is 6.92 Å². The van der Waals surface area contributed by atoms with Crippen molar-refractivity contribution in [3.63, 3.8) is 0 Å². The summed E-state index contributed by atoms with van der Waals surface area (Å²) in [5.41, 5.74) is 0. The molecule has 1 saturated carbocycles. The van der Waals surface area contributed by atoms with Crippen molar-refractivity contribution in [2.45, 2.75) is 19.6 Å². The number of hydrogen-bond acceptors (Lipinski definition) is 4. The second kappa shape index (κ2) is 3.64. The van der Waals surface area contributed by atoms with E-state index in [9.17, 15) is 4.79 Å². The summed E-state index contributed by atoms with van der Waals surface area (Å²) in [6, 6.07) is 0. The molecule has 0 spiro atoms. The molecule has 0 saturated heterocycles. The molecular formula is C9H16O4. The van der Waals surface area contributed by atoms with E-state index in [0.717, 1.165) is 0 Å². The Balaban J connectivity index is 2.60. The zero-order valence-corrected chi connectivity index (χ0v) is 8.49. The van der Waals surface area contributed by atoms with Crippen molar-refractivity contribution in [1.29, 1.82) is 0 Å². The van der Waals surface area contributed by atoms with Gasteiger partial charge in [0.25, 0.3) is 0 Å². The maximum absolute atomic E-state index is 11.4. The number of methoxy groups -OCH3 is 2. The molecule has 0 aromatic heterocycles. The SMILES string of the molecule is CCOC(=O)C1C(C)C1(OC)OC. The third-order valence-electron chi connectivity index (χ3n) is 2.64. The summed E-state index contributed by atoms with van der Waals surface area (Å²) >= 11 is 0. The van der Waals surface area contributed by atoms with Crippen LogP contribution in [0.15, 0.2) is 0 Å². The predicted octanol–water partition coefficient (Wildman–Crippen LogP) is 0.804. The number of carbonyl (C=O) groups excluding carboxylic acids is 1. The Bertz CT molecular complexity index is 198. The number of esters is 1. The fourth-order valence-electron chi connectivity index (χ4n) is 1.81. The molecule has 0 aromatic rings. The van der Waals surface area contributed by atoms with Crippen LogP contribution >= 0.6 is 0 Å². The van der Waals surface area contributed by atoms with Crippen LogP contribution in [-0.4, -0.2) is 32.6 Å². The minimum absolute atomic E-state index is 0.0709. The van der Waals surface area contributed by atoms with Crippen molar-refractivity contribution < 1.29 is 19.0 Å². The highest BCUT2D eigenvalue weighted by molar-refractivity contribution is 5.78. The Labute approximate surface area is 78.2 Å². The molecule has 2 unspecified atom stereocenters. The van der Waals surface area contributed by atoms with Gasteiger partial charge < -0.3 is 14.2 Å². The third kappa shape index (κ3) is 1.44. The largest absolute Gasteiger partial charge is 0.466 e. The first-order valence-electron chi connectivity index (χ1n) is 4.41. The first kappa shape index (κ1) is 10.5. The summed E-state index contributed by atoms with van der Waals surface area (Å²) in [4.78, 5) is 11.4. The van der Waals surface area contributed by atoms with Crippen molar-refractivity contribution in [1.82, 2.24) is 0 Å². The van der Waals surface area contributed by atoms with E-state index in [1.807, 2.05) is 6.92 Å². The standard InChI is InChI=1S/C9H16O4/c1-5-13-8(10)7-6(2)9(7,11-3)12-4/h6-7H,5H2,1-4H3. The molecule has 13 heavy (non-hydrogen) atoms. The highest BCUT2D eigenvalue weighted by Crippen LogP contribution is 2.53. The second-order valence-corrected chi connectivity index (χ2v) is 3.15. The maximum Gasteiger partial charge on any atom is 0.314 e. The van der Waals surface area contributed by atoms with Gasteiger partial charge in [0.1, 0.15) is 5.92 Å². The van der Waals surface area contributed by atoms with Crippen LogP contribution in [0, 0.1) is 11.8 Å². The van der Waals surface area contributed by atoms with Crippen molar-refractivity contribution in [2.24, 2.45) is 11.8 Å². The Hall–Kier alpha value is -0.610. The lowest BCUT2D eigenvalue weighted by molar-refractivity contribution is -0.167. The summed E-state index contributed by atoms with van der Waals surface area (Å²) in [6.45, 7) is 4.09. The van der Waals surface area contributed by atoms with E-state index in [-0.39, 0.29) is 17.8 Å². The van der Waals surface area contributed by atoms with Crippen LogP contribution in [0.2, 0.25) is 0 Å². The van der Waals surface area contributed by atoms with Gasteiger partial charge >= 0.3 is 5.97 Å². The van der Waals surface area contributed by atoms with Crippen LogP contribution in [0.25, 0.3) is 0 Å². The van der Waals surface area contributed by atoms with Gasteiger partial charge in [-0.2, -0.15) is 0 Å². The van der Waals surface area contributed by atoms with Crippen molar-refractivity contribution in [3.8, 4) is 0 Å². The Morgan fingerprint density at radius 1 is 1.38 bits per heavy atom. The van der Waals surface area contributed by atoms with Crippen LogP contribution in [0.4, 0.5) is 0 Å². The van der Waals surface area contributed by atoms with Crippen LogP contribution < -0.4 is 0 Å². The molecule has 0 heterocycles. The lowest BCUT2D eigenvalue weighted by Crippen LogP contribution is -2.23. The first-order valence-corrected chi connectivity index (χ1v) is 4.41. The summed E-state index contributed by atoms with van der Waals surface area (Å²) in [6.07, 6.45) is 0. The van der Waals surface area contributed by atoms with Gasteiger partial charge in [-0.3, -0.25) is 4.79 Å². The summed E-state index contributed by atoms with van der Waals surface area (Å²) in [5.74, 6) is -1.19. The lowest BCUT2D eigenvalue weighted by atomic mass is 10.3. The fourth-order valence-corrected chi connectivity index (χ4v) is 1.81. The van der Waals surface area contributed by atoms with Gasteiger partial charge in [0.2, 0.25) is 0 Å². The number of rotatable bonds is 4. The smallest absolute Gasteiger partial charge is 0.314 e. The van der Waals surface area contributed by atoms with Gasteiger partial charge in [-0.25, -0.2) is 0 Å². The molecule has 0 bridgehead atoms. The molecule has 76 valence electrons. The topological polar surface area (TPSA) is 44.8 Å². The molecule has 0 radical (unpaired) electrons. The van der Waals surface area contributed by atoms with Gasteiger partial charge in [0, 0.05) is 20.1 Å². The van der Waals surface area contributed by atoms with Crippen molar-refractivity contribution in [2.75, 3.05) is 20.8 Å². The van der Waals surface area contributed by atoms with E-state index < -0.39 is 5.79 Å². The average Bonchev–Trinajstić information content (AvgIpc) is 2.72. The normalized spacial score (nSPS) is 29.8. The van der Waals surface area contributed by atoms with Gasteiger partial charge in [-0.15, -0.1) is 0 Å². The lowest BCUT2D eigenvalue weighted by Gasteiger charge is -2.13. The molecule has 0 N–H and O–H groups in total. The van der Waals surface area contributed by atoms with E-state index >= 15 is 0 Å². The van der Waals surface area contributed by atoms with Crippen molar-refractivity contribution in [3.05, 3.63) is 0 Å². The van der Waals surface area contributed by atoms with Crippen LogP contribution in [0.5, 0.6) is 0 Å². The van der Waals surface area contributed by atoms with E-state index in [1.165, 1.54) is 0 Å². The molecule has 1 fully saturated rings. The molecule has 2 atom stereocenters. The van der Waals surface area contributed by atoms with E-state index in [2.05, 4.69) is 0 Å². The molecule has 4 nitrogen and oxygen atoms in total. The average molecular weight is 188 g/mol. The Morgan fingerprint density at radius 2 is 1.92 bits per heavy atom. The molecule has 1 aliphatic rings. The number of hydrogen-bond donors (Lipinski definition) is 0. The number of ether oxygens (including phenoxy) is 3. The highest BCUT2D eigenvalue weighted by Gasteiger charge is 2.69. The molecule has 0 amide bonds. The van der Waals surface area contributed by atoms with E-state index in [4.69, 9.17) is 14.2 Å². The van der Waals surface area contributed by atoms with E-state index in [1.54, 1.807) is 21.1 Å². The molecule has 1 aliphatic carbocycles. The monoisotopic (exact) mass is 188 g/mol. The molecule has 1 rings (SSSR count). The van der Waals surface area contributed by atoms with Crippen LogP contribution in [-0.2, 0) is 19.0 Å². The van der Waals surface area contributed by atoms with Gasteiger partial charge in [0.15, 0.2) is 5.79 Å². The highest BCUT2D eigenvalue weighted by atomic mass is 16.7. The first-order chi connectivity index (χ1) is 6.14. The molecular weight excluding hydrogens is 172 g/mol. The van der Waals surface area contributed by atoms with Gasteiger partial charge in [0.05, 0.1) is 6.61 Å². The molecule has 0 aromatic carbocycles. The van der Waals surface area contributed by atoms with Crippen molar-refractivity contribution >= 4 is 5.97 Å². The minimum atomic E-state index is -0.744. The van der Waals surface area contributed by atoms with Gasteiger partial charge in [-0.05, 0) is 6.92 Å². The minimum Gasteiger partial charge on any atom is -0.466 e. The number of carbonyl (C=O) groups is 1. The van der Waals surface area contributed by atoms with E-state index in [0.29, 0.717) is 6.61 Å². The zero-order chi connectivity index (χ0) is 10.1. The summed E-state index contributed by atoms with van der Waals surface area (Å²) in [5, 5.41) is 0. The molecule has 0 aliphatic heterocycles. The molecule has 4 heteroatoms. The maximum atomic E-state index is 11.4. The third-order valence-corrected chi connectivity index (χ3v) is 2.64. The van der Waals surface area contributed by atoms with Crippen LogP contribution in [0.1, 0.15) is 13.8 Å². The fraction of sp³-hybridized carbons (Fsp3) is 0.889. The Kier molecular flexibility index (Phi) is 2.93. The Morgan fingerprint density at radius 3 is 2.23 bits per heavy atom. The summed E-state index contributed by atoms with van der Waals surface area (Å²) < 4.78 is 15.2. The second-order valence-electron chi connectivity index (χ2n) is 3.15. The summed E-state index contributed by atoms with van der Waals surface area (Å²) in [7, 11) is 3.08. The van der Waals surface area contributed by atoms with Crippen LogP contribution in [0.3, 0.4) is 0 Å². The predicted molar refractivity (Wildman–Crippen MR) is 46.0 cm³/mol. The quantitative estimate of drug-likeness (QED) is 0.483. The zero-order valence-electron chi connectivity index (χ0n) is 8.49.